The molecular weight excluding hydrogens is 266 g/mol. The Balaban J connectivity index is 2.39. The van der Waals surface area contributed by atoms with Crippen LogP contribution < -0.4 is 5.32 Å². The third-order valence-electron chi connectivity index (χ3n) is 2.51. The summed E-state index contributed by atoms with van der Waals surface area (Å²) in [5.74, 6) is -1.50. The third-order valence-corrected chi connectivity index (χ3v) is 3.76. The van der Waals surface area contributed by atoms with Crippen molar-refractivity contribution < 1.29 is 18.9 Å². The number of rotatable bonds is 7. The molecule has 0 aliphatic carbocycles. The molecule has 1 amide bonds. The van der Waals surface area contributed by atoms with Gasteiger partial charge in [0.15, 0.2) is 0 Å². The number of carboxylic acid groups (broad SMARTS) is 1. The first-order valence-electron chi connectivity index (χ1n) is 5.90. The van der Waals surface area contributed by atoms with Gasteiger partial charge in [-0.3, -0.25) is 13.8 Å². The van der Waals surface area contributed by atoms with E-state index in [4.69, 9.17) is 5.11 Å². The summed E-state index contributed by atoms with van der Waals surface area (Å²) >= 11 is 0. The van der Waals surface area contributed by atoms with Crippen LogP contribution in [-0.4, -0.2) is 32.7 Å². The summed E-state index contributed by atoms with van der Waals surface area (Å²) in [6.45, 7) is 1.84. The minimum atomic E-state index is -1.44. The molecule has 5 nitrogen and oxygen atoms in total. The maximum atomic E-state index is 11.6. The molecule has 0 bridgehead atoms. The zero-order chi connectivity index (χ0) is 14.3. The lowest BCUT2D eigenvalue weighted by atomic mass is 10.1. The van der Waals surface area contributed by atoms with Crippen molar-refractivity contribution in [2.45, 2.75) is 19.4 Å². The molecule has 2 N–H and O–H groups in total. The lowest BCUT2D eigenvalue weighted by Gasteiger charge is -2.13. The Morgan fingerprint density at radius 1 is 1.32 bits per heavy atom. The van der Waals surface area contributed by atoms with Crippen LogP contribution in [0.15, 0.2) is 30.3 Å². The van der Waals surface area contributed by atoms with Gasteiger partial charge in [-0.15, -0.1) is 0 Å². The highest BCUT2D eigenvalue weighted by molar-refractivity contribution is 7.85. The first kappa shape index (κ1) is 15.4. The second-order valence-electron chi connectivity index (χ2n) is 4.13. The van der Waals surface area contributed by atoms with Crippen LogP contribution in [0, 0.1) is 0 Å². The van der Waals surface area contributed by atoms with Crippen LogP contribution in [-0.2, 0) is 20.4 Å². The summed E-state index contributed by atoms with van der Waals surface area (Å²) in [5.41, 5.74) is 0.965. The minimum absolute atomic E-state index is 0.00245. The molecule has 2 atom stereocenters. The third kappa shape index (κ3) is 6.15. The van der Waals surface area contributed by atoms with Gasteiger partial charge in [0, 0.05) is 16.6 Å². The molecular formula is C13H17NO4S. The average Bonchev–Trinajstić information content (AvgIpc) is 2.37. The number of benzene rings is 1. The van der Waals surface area contributed by atoms with E-state index in [2.05, 4.69) is 5.32 Å². The zero-order valence-corrected chi connectivity index (χ0v) is 11.5. The van der Waals surface area contributed by atoms with Crippen LogP contribution in [0.4, 0.5) is 0 Å². The molecule has 0 spiro atoms. The van der Waals surface area contributed by atoms with Gasteiger partial charge in [-0.2, -0.15) is 0 Å². The van der Waals surface area contributed by atoms with E-state index in [1.165, 1.54) is 0 Å². The molecule has 1 rings (SSSR count). The summed E-state index contributed by atoms with van der Waals surface area (Å²) < 4.78 is 11.5. The molecule has 0 saturated carbocycles. The molecule has 0 heterocycles. The Morgan fingerprint density at radius 2 is 1.95 bits per heavy atom. The van der Waals surface area contributed by atoms with Crippen LogP contribution in [0.3, 0.4) is 0 Å². The number of carbonyl (C=O) groups is 2. The van der Waals surface area contributed by atoms with E-state index in [-0.39, 0.29) is 29.9 Å². The number of amides is 1. The number of hydrogen-bond donors (Lipinski definition) is 2. The maximum Gasteiger partial charge on any atom is 0.304 e. The molecule has 0 aliphatic rings. The van der Waals surface area contributed by atoms with Crippen molar-refractivity contribution in [1.82, 2.24) is 5.32 Å². The summed E-state index contributed by atoms with van der Waals surface area (Å²) in [5, 5.41) is 11.2. The fourth-order valence-corrected chi connectivity index (χ4v) is 2.45. The topological polar surface area (TPSA) is 83.5 Å². The van der Waals surface area contributed by atoms with Crippen molar-refractivity contribution >= 4 is 22.7 Å². The van der Waals surface area contributed by atoms with Gasteiger partial charge in [-0.05, 0) is 12.5 Å². The highest BCUT2D eigenvalue weighted by Gasteiger charge is 2.13. The maximum absolute atomic E-state index is 11.6. The monoisotopic (exact) mass is 283 g/mol. The van der Waals surface area contributed by atoms with Gasteiger partial charge < -0.3 is 10.4 Å². The van der Waals surface area contributed by atoms with Gasteiger partial charge in [0.1, 0.15) is 5.75 Å². The van der Waals surface area contributed by atoms with E-state index < -0.39 is 16.8 Å². The van der Waals surface area contributed by atoms with Crippen molar-refractivity contribution in [3.8, 4) is 0 Å². The second kappa shape index (κ2) is 7.68. The van der Waals surface area contributed by atoms with Gasteiger partial charge in [-0.1, -0.05) is 30.3 Å². The number of aliphatic carboxylic acids is 1. The van der Waals surface area contributed by atoms with Gasteiger partial charge in [0.05, 0.1) is 12.5 Å². The van der Waals surface area contributed by atoms with Crippen molar-refractivity contribution in [3.63, 3.8) is 0 Å². The summed E-state index contributed by atoms with van der Waals surface area (Å²) in [4.78, 5) is 21.9. The Morgan fingerprint density at radius 3 is 2.53 bits per heavy atom. The Labute approximate surface area is 114 Å². The van der Waals surface area contributed by atoms with Crippen molar-refractivity contribution in [2.75, 3.05) is 11.5 Å². The van der Waals surface area contributed by atoms with E-state index in [1.54, 1.807) is 0 Å². The molecule has 0 saturated heterocycles. The standard InChI is InChI=1S/C13H17NO4S/c1-10(11-5-3-2-4-6-11)14-12(15)9-19(18)8-7-13(16)17/h2-6,10H,7-9H2,1H3,(H,14,15)(H,16,17). The van der Waals surface area contributed by atoms with E-state index in [9.17, 15) is 13.8 Å². The summed E-state index contributed by atoms with van der Waals surface area (Å²) in [6, 6.07) is 9.27. The van der Waals surface area contributed by atoms with Crippen molar-refractivity contribution in [2.24, 2.45) is 0 Å². The predicted octanol–water partition coefficient (Wildman–Crippen LogP) is 1.09. The smallest absolute Gasteiger partial charge is 0.304 e. The molecule has 2 unspecified atom stereocenters. The number of carbonyl (C=O) groups excluding carboxylic acids is 1. The van der Waals surface area contributed by atoms with E-state index in [0.29, 0.717) is 0 Å². The van der Waals surface area contributed by atoms with Crippen molar-refractivity contribution in [1.29, 1.82) is 0 Å². The van der Waals surface area contributed by atoms with Gasteiger partial charge in [0.2, 0.25) is 5.91 Å². The summed E-state index contributed by atoms with van der Waals surface area (Å²) in [7, 11) is -1.44. The fraction of sp³-hybridized carbons (Fsp3) is 0.385. The minimum Gasteiger partial charge on any atom is -0.481 e. The van der Waals surface area contributed by atoms with Crippen LogP contribution in [0.1, 0.15) is 24.9 Å². The molecule has 1 aromatic rings. The second-order valence-corrected chi connectivity index (χ2v) is 5.71. The molecule has 6 heteroatoms. The SMILES string of the molecule is CC(NC(=O)CS(=O)CCC(=O)O)c1ccccc1. The first-order chi connectivity index (χ1) is 8.99. The van der Waals surface area contributed by atoms with Crippen LogP contribution >= 0.6 is 0 Å². The normalized spacial score (nSPS) is 13.5. The van der Waals surface area contributed by atoms with E-state index in [0.717, 1.165) is 5.56 Å². The van der Waals surface area contributed by atoms with Gasteiger partial charge in [0.25, 0.3) is 0 Å². The first-order valence-corrected chi connectivity index (χ1v) is 7.39. The largest absolute Gasteiger partial charge is 0.481 e. The molecule has 104 valence electrons. The van der Waals surface area contributed by atoms with E-state index >= 15 is 0 Å². The number of nitrogens with one attached hydrogen (secondary N) is 1. The highest BCUT2D eigenvalue weighted by Crippen LogP contribution is 2.10. The van der Waals surface area contributed by atoms with Crippen LogP contribution in [0.2, 0.25) is 0 Å². The molecule has 0 aliphatic heterocycles. The van der Waals surface area contributed by atoms with Gasteiger partial charge >= 0.3 is 5.97 Å². The van der Waals surface area contributed by atoms with Crippen LogP contribution in [0.25, 0.3) is 0 Å². The van der Waals surface area contributed by atoms with Gasteiger partial charge in [-0.25, -0.2) is 0 Å². The average molecular weight is 283 g/mol. The predicted molar refractivity (Wildman–Crippen MR) is 73.1 cm³/mol. The highest BCUT2D eigenvalue weighted by atomic mass is 32.2. The molecule has 19 heavy (non-hydrogen) atoms. The van der Waals surface area contributed by atoms with E-state index in [1.807, 2.05) is 37.3 Å². The number of carboxylic acids is 1. The fourth-order valence-electron chi connectivity index (χ4n) is 1.53. The zero-order valence-electron chi connectivity index (χ0n) is 10.7. The molecule has 0 aromatic heterocycles. The lowest BCUT2D eigenvalue weighted by Crippen LogP contribution is -2.31. The Kier molecular flexibility index (Phi) is 6.21. The number of hydrogen-bond acceptors (Lipinski definition) is 3. The summed E-state index contributed by atoms with van der Waals surface area (Å²) in [6.07, 6.45) is -0.186. The molecule has 1 aromatic carbocycles. The van der Waals surface area contributed by atoms with Crippen LogP contribution in [0.5, 0.6) is 0 Å². The molecule has 0 radical (unpaired) electrons. The Bertz CT molecular complexity index is 461. The van der Waals surface area contributed by atoms with Crippen molar-refractivity contribution in [3.05, 3.63) is 35.9 Å². The lowest BCUT2D eigenvalue weighted by molar-refractivity contribution is -0.136. The molecule has 0 fully saturated rings. The quantitative estimate of drug-likeness (QED) is 0.784. The Hall–Kier alpha value is -1.69.